The number of aliphatic hydroxyl groups is 1. The Morgan fingerprint density at radius 1 is 1.21 bits per heavy atom. The molecule has 1 fully saturated rings. The average molecular weight is 398 g/mol. The number of amides is 1. The first-order valence-corrected chi connectivity index (χ1v) is 9.66. The number of likely N-dealkylation sites (tertiary alicyclic amines) is 1. The van der Waals surface area contributed by atoms with Crippen molar-refractivity contribution in [1.82, 2.24) is 29.4 Å². The van der Waals surface area contributed by atoms with E-state index < -0.39 is 6.61 Å². The van der Waals surface area contributed by atoms with Gasteiger partial charge in [0.25, 0.3) is 0 Å². The summed E-state index contributed by atoms with van der Waals surface area (Å²) >= 11 is 0. The summed E-state index contributed by atoms with van der Waals surface area (Å²) in [6, 6.07) is 7.98. The molecule has 1 saturated heterocycles. The maximum absolute atomic E-state index is 13.3. The highest BCUT2D eigenvalue weighted by Gasteiger charge is 2.27. The van der Waals surface area contributed by atoms with Crippen molar-refractivity contribution in [1.29, 1.82) is 0 Å². The van der Waals surface area contributed by atoms with Gasteiger partial charge in [-0.1, -0.05) is 0 Å². The molecule has 0 radical (unpaired) electrons. The smallest absolute Gasteiger partial charge is 0.248 e. The largest absolute Gasteiger partial charge is 0.387 e. The van der Waals surface area contributed by atoms with Crippen molar-refractivity contribution in [2.75, 3.05) is 19.7 Å². The van der Waals surface area contributed by atoms with Crippen molar-refractivity contribution < 1.29 is 14.3 Å². The molecule has 3 heterocycles. The third-order valence-corrected chi connectivity index (χ3v) is 5.33. The molecule has 0 spiro atoms. The summed E-state index contributed by atoms with van der Waals surface area (Å²) in [5.41, 5.74) is 0.735. The fourth-order valence-corrected chi connectivity index (χ4v) is 3.76. The topological polar surface area (TPSA) is 89.1 Å². The van der Waals surface area contributed by atoms with Gasteiger partial charge in [0, 0.05) is 37.7 Å². The van der Waals surface area contributed by atoms with Gasteiger partial charge in [-0.3, -0.25) is 9.48 Å². The summed E-state index contributed by atoms with van der Waals surface area (Å²) in [5.74, 6) is 1.65. The maximum atomic E-state index is 13.3. The predicted octanol–water partition coefficient (Wildman–Crippen LogP) is 1.90. The van der Waals surface area contributed by atoms with E-state index in [9.17, 15) is 9.18 Å². The number of hydrogen-bond acceptors (Lipinski definition) is 5. The Morgan fingerprint density at radius 3 is 2.69 bits per heavy atom. The molecule has 1 aliphatic rings. The molecule has 8 nitrogen and oxygen atoms in total. The van der Waals surface area contributed by atoms with Crippen molar-refractivity contribution in [3.63, 3.8) is 0 Å². The number of carbonyl (C=O) groups excluding carboxylic acids is 1. The number of halogens is 1. The molecule has 1 atom stereocenters. The normalized spacial score (nSPS) is 17.3. The molecule has 0 bridgehead atoms. The van der Waals surface area contributed by atoms with E-state index in [-0.39, 0.29) is 17.6 Å². The van der Waals surface area contributed by atoms with Crippen molar-refractivity contribution in [2.24, 2.45) is 7.05 Å². The van der Waals surface area contributed by atoms with Crippen molar-refractivity contribution in [3.8, 4) is 17.2 Å². The van der Waals surface area contributed by atoms with Crippen LogP contribution in [0.4, 0.5) is 4.39 Å². The van der Waals surface area contributed by atoms with Crippen LogP contribution in [0.1, 0.15) is 31.0 Å². The summed E-state index contributed by atoms with van der Waals surface area (Å²) in [4.78, 5) is 18.4. The maximum Gasteiger partial charge on any atom is 0.248 e. The van der Waals surface area contributed by atoms with Crippen LogP contribution in [0.5, 0.6) is 0 Å². The second kappa shape index (κ2) is 8.12. The van der Waals surface area contributed by atoms with E-state index in [1.807, 2.05) is 13.1 Å². The minimum Gasteiger partial charge on any atom is -0.387 e. The summed E-state index contributed by atoms with van der Waals surface area (Å²) in [7, 11) is 1.84. The molecular weight excluding hydrogens is 375 g/mol. The first-order valence-electron chi connectivity index (χ1n) is 9.66. The highest BCUT2D eigenvalue weighted by atomic mass is 19.1. The monoisotopic (exact) mass is 398 g/mol. The summed E-state index contributed by atoms with van der Waals surface area (Å²) in [6.45, 7) is 0.722. The number of aryl methyl sites for hydroxylation is 1. The highest BCUT2D eigenvalue weighted by Crippen LogP contribution is 2.30. The van der Waals surface area contributed by atoms with Crippen LogP contribution >= 0.6 is 0 Å². The average Bonchev–Trinajstić information content (AvgIpc) is 3.26. The van der Waals surface area contributed by atoms with Gasteiger partial charge in [0.2, 0.25) is 5.91 Å². The second-order valence-corrected chi connectivity index (χ2v) is 7.19. The van der Waals surface area contributed by atoms with Gasteiger partial charge in [-0.2, -0.15) is 9.78 Å². The van der Waals surface area contributed by atoms with Crippen LogP contribution in [0.2, 0.25) is 0 Å². The zero-order valence-electron chi connectivity index (χ0n) is 16.2. The van der Waals surface area contributed by atoms with Crippen LogP contribution in [0.25, 0.3) is 17.2 Å². The molecule has 29 heavy (non-hydrogen) atoms. The van der Waals surface area contributed by atoms with Gasteiger partial charge in [0.15, 0.2) is 11.6 Å². The minimum absolute atomic E-state index is 0.100. The molecule has 9 heteroatoms. The second-order valence-electron chi connectivity index (χ2n) is 7.19. The van der Waals surface area contributed by atoms with Crippen LogP contribution in [-0.4, -0.2) is 60.2 Å². The zero-order valence-corrected chi connectivity index (χ0v) is 16.2. The molecule has 1 aromatic carbocycles. The SMILES string of the molecule is Cn1nccc1-n1nc(-c2ccc(F)cc2)nc1C1CCCN(C(=O)CO)CC1. The van der Waals surface area contributed by atoms with E-state index in [0.717, 1.165) is 36.5 Å². The number of rotatable bonds is 4. The van der Waals surface area contributed by atoms with Gasteiger partial charge in [-0.25, -0.2) is 9.37 Å². The molecule has 1 aliphatic heterocycles. The highest BCUT2D eigenvalue weighted by molar-refractivity contribution is 5.77. The van der Waals surface area contributed by atoms with Gasteiger partial charge in [0.05, 0.1) is 6.20 Å². The van der Waals surface area contributed by atoms with Crippen LogP contribution < -0.4 is 0 Å². The lowest BCUT2D eigenvalue weighted by atomic mass is 10.00. The van der Waals surface area contributed by atoms with Crippen molar-refractivity contribution >= 4 is 5.91 Å². The molecule has 3 aromatic rings. The summed E-state index contributed by atoms with van der Waals surface area (Å²) < 4.78 is 16.8. The van der Waals surface area contributed by atoms with E-state index in [2.05, 4.69) is 5.10 Å². The van der Waals surface area contributed by atoms with Crippen LogP contribution in [0, 0.1) is 5.82 Å². The Labute approximate surface area is 167 Å². The number of benzene rings is 1. The molecule has 152 valence electrons. The number of nitrogens with zero attached hydrogens (tertiary/aromatic N) is 6. The molecule has 0 saturated carbocycles. The van der Waals surface area contributed by atoms with Crippen molar-refractivity contribution in [3.05, 3.63) is 48.2 Å². The Hall–Kier alpha value is -3.07. The molecular formula is C20H23FN6O2. The zero-order chi connectivity index (χ0) is 20.4. The van der Waals surface area contributed by atoms with E-state index in [1.165, 1.54) is 12.1 Å². The van der Waals surface area contributed by atoms with E-state index in [4.69, 9.17) is 15.2 Å². The number of carbonyl (C=O) groups is 1. The molecule has 1 unspecified atom stereocenters. The van der Waals surface area contributed by atoms with Crippen molar-refractivity contribution in [2.45, 2.75) is 25.2 Å². The molecule has 0 aliphatic carbocycles. The van der Waals surface area contributed by atoms with Crippen LogP contribution in [0.3, 0.4) is 0 Å². The Balaban J connectivity index is 1.70. The molecule has 2 aromatic heterocycles. The van der Waals surface area contributed by atoms with E-state index in [1.54, 1.807) is 32.6 Å². The van der Waals surface area contributed by atoms with Gasteiger partial charge in [-0.05, 0) is 43.5 Å². The predicted molar refractivity (Wildman–Crippen MR) is 104 cm³/mol. The third-order valence-electron chi connectivity index (χ3n) is 5.33. The van der Waals surface area contributed by atoms with Gasteiger partial charge in [-0.15, -0.1) is 5.10 Å². The van der Waals surface area contributed by atoms with Gasteiger partial charge >= 0.3 is 0 Å². The first kappa shape index (κ1) is 19.3. The lowest BCUT2D eigenvalue weighted by Gasteiger charge is -2.19. The van der Waals surface area contributed by atoms with E-state index >= 15 is 0 Å². The molecule has 1 N–H and O–H groups in total. The fourth-order valence-electron chi connectivity index (χ4n) is 3.76. The van der Waals surface area contributed by atoms with E-state index in [0.29, 0.717) is 18.9 Å². The Bertz CT molecular complexity index is 997. The third kappa shape index (κ3) is 3.91. The number of hydrogen-bond donors (Lipinski definition) is 1. The standard InChI is InChI=1S/C20H23FN6O2/c1-25-17(8-10-22-25)27-20(15-3-2-11-26(12-9-15)18(29)13-28)23-19(24-27)14-4-6-16(21)7-5-14/h4-8,10,15,28H,2-3,9,11-13H2,1H3. The lowest BCUT2D eigenvalue weighted by molar-refractivity contribution is -0.134. The van der Waals surface area contributed by atoms with Gasteiger partial charge < -0.3 is 10.0 Å². The number of aliphatic hydroxyl groups excluding tert-OH is 1. The first-order chi connectivity index (χ1) is 14.1. The minimum atomic E-state index is -0.468. The van der Waals surface area contributed by atoms with Crippen LogP contribution in [-0.2, 0) is 11.8 Å². The fraction of sp³-hybridized carbons (Fsp3) is 0.400. The summed E-state index contributed by atoms with van der Waals surface area (Å²) in [6.07, 6.45) is 4.10. The lowest BCUT2D eigenvalue weighted by Crippen LogP contribution is -2.34. The Kier molecular flexibility index (Phi) is 5.39. The van der Waals surface area contributed by atoms with Crippen LogP contribution in [0.15, 0.2) is 36.5 Å². The Morgan fingerprint density at radius 2 is 2.00 bits per heavy atom. The summed E-state index contributed by atoms with van der Waals surface area (Å²) in [5, 5.41) is 18.1. The quantitative estimate of drug-likeness (QED) is 0.725. The molecule has 4 rings (SSSR count). The molecule has 1 amide bonds. The number of aromatic nitrogens is 5. The van der Waals surface area contributed by atoms with Gasteiger partial charge in [0.1, 0.15) is 18.2 Å².